The van der Waals surface area contributed by atoms with Crippen molar-refractivity contribution in [1.82, 2.24) is 15.3 Å². The number of aromatic nitrogens is 2. The lowest BCUT2D eigenvalue weighted by molar-refractivity contribution is -0.0581. The van der Waals surface area contributed by atoms with Crippen LogP contribution in [0.3, 0.4) is 0 Å². The van der Waals surface area contributed by atoms with Gasteiger partial charge in [0.2, 0.25) is 5.89 Å². The molecule has 0 bridgehead atoms. The third-order valence-corrected chi connectivity index (χ3v) is 3.58. The molecule has 2 aromatic heterocycles. The minimum Gasteiger partial charge on any atom is -0.436 e. The van der Waals surface area contributed by atoms with Gasteiger partial charge in [-0.25, -0.2) is 4.98 Å². The second-order valence-corrected chi connectivity index (χ2v) is 4.74. The number of rotatable bonds is 2. The van der Waals surface area contributed by atoms with Crippen LogP contribution < -0.4 is 5.32 Å². The van der Waals surface area contributed by atoms with E-state index in [-0.39, 0.29) is 0 Å². The van der Waals surface area contributed by atoms with Crippen molar-refractivity contribution in [2.75, 3.05) is 20.2 Å². The molecule has 18 heavy (non-hydrogen) atoms. The van der Waals surface area contributed by atoms with Crippen LogP contribution in [0.2, 0.25) is 0 Å². The number of nitrogens with one attached hydrogen (secondary N) is 1. The van der Waals surface area contributed by atoms with E-state index in [0.717, 1.165) is 37.2 Å². The van der Waals surface area contributed by atoms with Crippen LogP contribution in [0.25, 0.3) is 11.2 Å². The molecule has 1 aliphatic rings. The predicted molar refractivity (Wildman–Crippen MR) is 67.3 cm³/mol. The minimum atomic E-state index is -0.403. The Morgan fingerprint density at radius 3 is 2.78 bits per heavy atom. The van der Waals surface area contributed by atoms with Gasteiger partial charge in [0.1, 0.15) is 5.60 Å². The average Bonchev–Trinajstić information content (AvgIpc) is 2.83. The highest BCUT2D eigenvalue weighted by molar-refractivity contribution is 5.67. The molecule has 0 saturated carbocycles. The molecular formula is C13H17N3O2. The van der Waals surface area contributed by atoms with Crippen molar-refractivity contribution in [3.05, 3.63) is 23.7 Å². The molecule has 3 heterocycles. The zero-order valence-electron chi connectivity index (χ0n) is 10.7. The molecule has 0 radical (unpaired) electrons. The van der Waals surface area contributed by atoms with Crippen LogP contribution >= 0.6 is 0 Å². The quantitative estimate of drug-likeness (QED) is 0.876. The van der Waals surface area contributed by atoms with Gasteiger partial charge in [-0.1, -0.05) is 0 Å². The molecule has 5 heteroatoms. The largest absolute Gasteiger partial charge is 0.436 e. The second-order valence-electron chi connectivity index (χ2n) is 4.74. The standard InChI is InChI=1S/C13H17N3O2/c1-9-3-4-10-11(15-9)16-12(18-10)13(17-2)5-7-14-8-6-13/h3-4,14H,5-8H2,1-2H3. The Balaban J connectivity index is 2.06. The van der Waals surface area contributed by atoms with Gasteiger partial charge in [0.25, 0.3) is 0 Å². The Hall–Kier alpha value is -1.46. The number of piperidine rings is 1. The highest BCUT2D eigenvalue weighted by Gasteiger charge is 2.38. The molecule has 96 valence electrons. The summed E-state index contributed by atoms with van der Waals surface area (Å²) in [6.07, 6.45) is 1.74. The van der Waals surface area contributed by atoms with E-state index in [4.69, 9.17) is 9.15 Å². The fourth-order valence-corrected chi connectivity index (χ4v) is 2.44. The number of aryl methyl sites for hydroxylation is 1. The lowest BCUT2D eigenvalue weighted by Gasteiger charge is -2.33. The maximum Gasteiger partial charge on any atom is 0.229 e. The predicted octanol–water partition coefficient (Wildman–Crippen LogP) is 1.76. The van der Waals surface area contributed by atoms with Crippen molar-refractivity contribution in [3.8, 4) is 0 Å². The zero-order valence-corrected chi connectivity index (χ0v) is 10.7. The first-order valence-corrected chi connectivity index (χ1v) is 6.24. The van der Waals surface area contributed by atoms with Gasteiger partial charge >= 0.3 is 0 Å². The van der Waals surface area contributed by atoms with Crippen molar-refractivity contribution in [2.45, 2.75) is 25.4 Å². The van der Waals surface area contributed by atoms with Crippen molar-refractivity contribution < 1.29 is 9.15 Å². The summed E-state index contributed by atoms with van der Waals surface area (Å²) in [6.45, 7) is 3.78. The molecule has 0 amide bonds. The van der Waals surface area contributed by atoms with E-state index < -0.39 is 5.60 Å². The number of fused-ring (bicyclic) bond motifs is 1. The molecule has 2 aromatic rings. The van der Waals surface area contributed by atoms with Crippen LogP contribution in [0.4, 0.5) is 0 Å². The van der Waals surface area contributed by atoms with Gasteiger partial charge in [-0.3, -0.25) is 0 Å². The number of oxazole rings is 1. The Morgan fingerprint density at radius 1 is 1.28 bits per heavy atom. The number of nitrogens with zero attached hydrogens (tertiary/aromatic N) is 2. The monoisotopic (exact) mass is 247 g/mol. The van der Waals surface area contributed by atoms with Gasteiger partial charge < -0.3 is 14.5 Å². The molecule has 0 spiro atoms. The third kappa shape index (κ3) is 1.79. The van der Waals surface area contributed by atoms with Crippen molar-refractivity contribution >= 4 is 11.2 Å². The summed E-state index contributed by atoms with van der Waals surface area (Å²) in [5.41, 5.74) is 1.93. The topological polar surface area (TPSA) is 60.2 Å². The van der Waals surface area contributed by atoms with Gasteiger partial charge in [0, 0.05) is 12.8 Å². The van der Waals surface area contributed by atoms with Gasteiger partial charge in [-0.2, -0.15) is 4.98 Å². The normalized spacial score (nSPS) is 19.2. The Labute approximate surface area is 106 Å². The molecule has 0 aromatic carbocycles. The Kier molecular flexibility index (Phi) is 2.80. The average molecular weight is 247 g/mol. The van der Waals surface area contributed by atoms with Gasteiger partial charge in [-0.05, 0) is 45.0 Å². The molecule has 0 atom stereocenters. The van der Waals surface area contributed by atoms with Crippen molar-refractivity contribution in [1.29, 1.82) is 0 Å². The molecule has 5 nitrogen and oxygen atoms in total. The molecule has 3 rings (SSSR count). The molecule has 0 unspecified atom stereocenters. The molecule has 1 fully saturated rings. The van der Waals surface area contributed by atoms with E-state index in [1.807, 2.05) is 19.1 Å². The summed E-state index contributed by atoms with van der Waals surface area (Å²) in [5.74, 6) is 0.652. The van der Waals surface area contributed by atoms with E-state index in [1.54, 1.807) is 7.11 Å². The summed E-state index contributed by atoms with van der Waals surface area (Å²) in [5, 5.41) is 3.32. The summed E-state index contributed by atoms with van der Waals surface area (Å²) >= 11 is 0. The fourth-order valence-electron chi connectivity index (χ4n) is 2.44. The highest BCUT2D eigenvalue weighted by atomic mass is 16.5. The summed E-state index contributed by atoms with van der Waals surface area (Å²) in [7, 11) is 1.72. The maximum atomic E-state index is 5.83. The lowest BCUT2D eigenvalue weighted by Crippen LogP contribution is -2.41. The number of pyridine rings is 1. The first kappa shape index (κ1) is 11.6. The van der Waals surface area contributed by atoms with Gasteiger partial charge in [0.15, 0.2) is 11.2 Å². The van der Waals surface area contributed by atoms with Crippen LogP contribution in [0.1, 0.15) is 24.4 Å². The number of ether oxygens (including phenoxy) is 1. The number of hydrogen-bond acceptors (Lipinski definition) is 5. The molecular weight excluding hydrogens is 230 g/mol. The highest BCUT2D eigenvalue weighted by Crippen LogP contribution is 2.34. The Bertz CT molecular complexity index is 558. The van der Waals surface area contributed by atoms with Crippen LogP contribution in [-0.2, 0) is 10.3 Å². The van der Waals surface area contributed by atoms with Crippen LogP contribution in [-0.4, -0.2) is 30.2 Å². The molecule has 0 aliphatic carbocycles. The van der Waals surface area contributed by atoms with E-state index in [0.29, 0.717) is 11.5 Å². The van der Waals surface area contributed by atoms with E-state index >= 15 is 0 Å². The first-order valence-electron chi connectivity index (χ1n) is 6.24. The molecule has 1 aliphatic heterocycles. The number of methoxy groups -OCH3 is 1. The fraction of sp³-hybridized carbons (Fsp3) is 0.538. The van der Waals surface area contributed by atoms with E-state index in [2.05, 4.69) is 15.3 Å². The van der Waals surface area contributed by atoms with E-state index in [9.17, 15) is 0 Å². The summed E-state index contributed by atoms with van der Waals surface area (Å²) in [6, 6.07) is 3.85. The second kappa shape index (κ2) is 4.33. The van der Waals surface area contributed by atoms with Gasteiger partial charge in [0.05, 0.1) is 0 Å². The first-order chi connectivity index (χ1) is 8.73. The van der Waals surface area contributed by atoms with Crippen molar-refractivity contribution in [2.24, 2.45) is 0 Å². The zero-order chi connectivity index (χ0) is 12.6. The SMILES string of the molecule is COC1(c2nc3nc(C)ccc3o2)CCNCC1. The van der Waals surface area contributed by atoms with Gasteiger partial charge in [-0.15, -0.1) is 0 Å². The number of hydrogen-bond donors (Lipinski definition) is 1. The summed E-state index contributed by atoms with van der Waals surface area (Å²) < 4.78 is 11.5. The van der Waals surface area contributed by atoms with Crippen LogP contribution in [0.15, 0.2) is 16.5 Å². The maximum absolute atomic E-state index is 5.83. The minimum absolute atomic E-state index is 0.403. The smallest absolute Gasteiger partial charge is 0.229 e. The summed E-state index contributed by atoms with van der Waals surface area (Å²) in [4.78, 5) is 8.89. The lowest BCUT2D eigenvalue weighted by atomic mass is 9.92. The van der Waals surface area contributed by atoms with Crippen LogP contribution in [0.5, 0.6) is 0 Å². The van der Waals surface area contributed by atoms with Crippen LogP contribution in [0, 0.1) is 6.92 Å². The molecule has 1 N–H and O–H groups in total. The van der Waals surface area contributed by atoms with E-state index in [1.165, 1.54) is 0 Å². The third-order valence-electron chi connectivity index (χ3n) is 3.58. The molecule has 1 saturated heterocycles. The van der Waals surface area contributed by atoms with Crippen molar-refractivity contribution in [3.63, 3.8) is 0 Å². The Morgan fingerprint density at radius 2 is 2.06 bits per heavy atom.